The first-order valence-corrected chi connectivity index (χ1v) is 7.90. The van der Waals surface area contributed by atoms with E-state index in [9.17, 15) is 9.59 Å². The van der Waals surface area contributed by atoms with E-state index in [0.29, 0.717) is 24.1 Å². The minimum Gasteiger partial charge on any atom is -0.328 e. The van der Waals surface area contributed by atoms with Crippen molar-refractivity contribution in [3.05, 3.63) is 47.2 Å². The van der Waals surface area contributed by atoms with Crippen molar-refractivity contribution in [2.75, 3.05) is 0 Å². The van der Waals surface area contributed by atoms with E-state index in [1.165, 1.54) is 0 Å². The number of benzene rings is 1. The van der Waals surface area contributed by atoms with Crippen LogP contribution in [0, 0.1) is 6.92 Å². The Morgan fingerprint density at radius 2 is 2.09 bits per heavy atom. The van der Waals surface area contributed by atoms with E-state index in [1.54, 1.807) is 4.90 Å². The normalized spacial score (nSPS) is 23.0. The van der Waals surface area contributed by atoms with E-state index < -0.39 is 0 Å². The molecule has 1 aromatic carbocycles. The van der Waals surface area contributed by atoms with Crippen molar-refractivity contribution in [2.45, 2.75) is 32.7 Å². The smallest absolute Gasteiger partial charge is 0.259 e. The van der Waals surface area contributed by atoms with Crippen LogP contribution in [0.3, 0.4) is 0 Å². The largest absolute Gasteiger partial charge is 0.328 e. The monoisotopic (exact) mass is 314 g/mol. The number of nitrogens with one attached hydrogen (secondary N) is 1. The molecule has 3 rings (SSSR count). The third-order valence-corrected chi connectivity index (χ3v) is 4.99. The summed E-state index contributed by atoms with van der Waals surface area (Å²) in [5.74, 6) is -0.0317. The Morgan fingerprint density at radius 3 is 2.77 bits per heavy atom. The number of amides is 2. The van der Waals surface area contributed by atoms with Gasteiger partial charge in [0.15, 0.2) is 0 Å². The number of piperidine rings is 1. The molecule has 0 aromatic heterocycles. The predicted molar refractivity (Wildman–Crippen MR) is 90.6 cm³/mol. The van der Waals surface area contributed by atoms with Gasteiger partial charge in [-0.3, -0.25) is 14.5 Å². The van der Waals surface area contributed by atoms with Gasteiger partial charge in [-0.2, -0.15) is 0 Å². The van der Waals surface area contributed by atoms with Crippen molar-refractivity contribution in [1.82, 2.24) is 10.2 Å². The summed E-state index contributed by atoms with van der Waals surface area (Å²) in [4.78, 5) is 26.1. The molecule has 1 fully saturated rings. The third kappa shape index (κ3) is 2.19. The fraction of sp³-hybridized carbons (Fsp3) is 0.294. The molecular weight excluding hydrogens is 295 g/mol. The van der Waals surface area contributed by atoms with Crippen LogP contribution < -0.4 is 10.6 Å². The molecule has 0 spiro atoms. The van der Waals surface area contributed by atoms with Gasteiger partial charge in [0, 0.05) is 28.9 Å². The molecule has 22 heavy (non-hydrogen) atoms. The molecule has 2 heterocycles. The van der Waals surface area contributed by atoms with Crippen molar-refractivity contribution in [1.29, 1.82) is 0 Å². The first-order chi connectivity index (χ1) is 10.4. The van der Waals surface area contributed by atoms with Crippen molar-refractivity contribution in [3.63, 3.8) is 0 Å². The van der Waals surface area contributed by atoms with Gasteiger partial charge in [-0.05, 0) is 43.3 Å². The molecule has 2 aliphatic heterocycles. The summed E-state index contributed by atoms with van der Waals surface area (Å²) in [5.41, 5.74) is 4.13. The lowest BCUT2D eigenvalue weighted by Crippen LogP contribution is -2.45. The van der Waals surface area contributed by atoms with Gasteiger partial charge in [-0.25, -0.2) is 0 Å². The Morgan fingerprint density at radius 1 is 1.36 bits per heavy atom. The van der Waals surface area contributed by atoms with Crippen LogP contribution in [0.15, 0.2) is 30.5 Å². The molecule has 0 bridgehead atoms. The standard InChI is InChI=1S/C17H19N2O2P/c1-4-13-14(5-6-16(20)18-13)19-10(3)11-8-15(22)9(2)7-12(11)17(19)21/h4,7-8,14H,3,5-6,22H2,1-2H3,(H,18,20). The molecule has 1 aromatic rings. The van der Waals surface area contributed by atoms with Crippen LogP contribution in [0.25, 0.3) is 5.70 Å². The number of aryl methyl sites for hydroxylation is 1. The molecule has 4 nitrogen and oxygen atoms in total. The summed E-state index contributed by atoms with van der Waals surface area (Å²) >= 11 is 0. The zero-order valence-electron chi connectivity index (χ0n) is 12.8. The van der Waals surface area contributed by atoms with Crippen LogP contribution >= 0.6 is 9.24 Å². The molecule has 2 aliphatic rings. The number of hydrogen-bond acceptors (Lipinski definition) is 2. The number of hydrogen-bond donors (Lipinski definition) is 1. The molecule has 2 atom stereocenters. The van der Waals surface area contributed by atoms with E-state index in [-0.39, 0.29) is 17.9 Å². The van der Waals surface area contributed by atoms with Gasteiger partial charge >= 0.3 is 0 Å². The second-order valence-electron chi connectivity index (χ2n) is 5.72. The maximum Gasteiger partial charge on any atom is 0.259 e. The maximum atomic E-state index is 12.8. The molecular formula is C17H19N2O2P. The van der Waals surface area contributed by atoms with Gasteiger partial charge in [-0.15, -0.1) is 9.24 Å². The number of nitrogens with zero attached hydrogens (tertiary/aromatic N) is 1. The highest BCUT2D eigenvalue weighted by molar-refractivity contribution is 7.27. The van der Waals surface area contributed by atoms with Gasteiger partial charge in [0.25, 0.3) is 5.91 Å². The Balaban J connectivity index is 2.02. The lowest BCUT2D eigenvalue weighted by atomic mass is 10.0. The molecule has 0 saturated carbocycles. The predicted octanol–water partition coefficient (Wildman–Crippen LogP) is 2.10. The number of carbonyl (C=O) groups is 2. The molecule has 2 amide bonds. The number of fused-ring (bicyclic) bond motifs is 1. The zero-order chi connectivity index (χ0) is 16.0. The van der Waals surface area contributed by atoms with Crippen molar-refractivity contribution >= 4 is 32.1 Å². The topological polar surface area (TPSA) is 49.4 Å². The van der Waals surface area contributed by atoms with Gasteiger partial charge in [-0.1, -0.05) is 12.7 Å². The summed E-state index contributed by atoms with van der Waals surface area (Å²) in [6.45, 7) is 7.97. The van der Waals surface area contributed by atoms with Crippen molar-refractivity contribution in [2.24, 2.45) is 0 Å². The Kier molecular flexibility index (Phi) is 3.65. The summed E-state index contributed by atoms with van der Waals surface area (Å²) in [7, 11) is 2.69. The van der Waals surface area contributed by atoms with Gasteiger partial charge in [0.05, 0.1) is 6.04 Å². The highest BCUT2D eigenvalue weighted by Gasteiger charge is 2.39. The highest BCUT2D eigenvalue weighted by Crippen LogP contribution is 2.37. The van der Waals surface area contributed by atoms with E-state index in [2.05, 4.69) is 21.1 Å². The lowest BCUT2D eigenvalue weighted by Gasteiger charge is -2.34. The summed E-state index contributed by atoms with van der Waals surface area (Å²) in [6.07, 6.45) is 2.90. The molecule has 2 unspecified atom stereocenters. The quantitative estimate of drug-likeness (QED) is 0.807. The second kappa shape index (κ2) is 5.36. The van der Waals surface area contributed by atoms with E-state index in [0.717, 1.165) is 22.1 Å². The van der Waals surface area contributed by atoms with Crippen molar-refractivity contribution in [3.8, 4) is 0 Å². The first kappa shape index (κ1) is 15.0. The summed E-state index contributed by atoms with van der Waals surface area (Å²) in [5, 5.41) is 3.93. The average molecular weight is 314 g/mol. The van der Waals surface area contributed by atoms with Crippen LogP contribution in [0.1, 0.15) is 41.3 Å². The number of allylic oxidation sites excluding steroid dienone is 1. The Bertz CT molecular complexity index is 695. The van der Waals surface area contributed by atoms with E-state index >= 15 is 0 Å². The molecule has 1 saturated heterocycles. The second-order valence-corrected chi connectivity index (χ2v) is 6.34. The highest BCUT2D eigenvalue weighted by atomic mass is 31.0. The molecule has 0 radical (unpaired) electrons. The maximum absolute atomic E-state index is 12.8. The molecule has 114 valence electrons. The minimum atomic E-state index is -0.150. The van der Waals surface area contributed by atoms with Crippen LogP contribution in [0.4, 0.5) is 0 Å². The molecule has 1 N–H and O–H groups in total. The fourth-order valence-corrected chi connectivity index (χ4v) is 3.36. The Hall–Kier alpha value is -1.93. The molecule has 0 aliphatic carbocycles. The van der Waals surface area contributed by atoms with E-state index in [4.69, 9.17) is 0 Å². The summed E-state index contributed by atoms with van der Waals surface area (Å²) < 4.78 is 0. The van der Waals surface area contributed by atoms with E-state index in [1.807, 2.05) is 32.1 Å². The Labute approximate surface area is 132 Å². The fourth-order valence-electron chi connectivity index (χ4n) is 3.11. The number of rotatable bonds is 1. The molecule has 5 heteroatoms. The van der Waals surface area contributed by atoms with Gasteiger partial charge in [0.1, 0.15) is 0 Å². The van der Waals surface area contributed by atoms with Crippen LogP contribution in [0.5, 0.6) is 0 Å². The average Bonchev–Trinajstić information content (AvgIpc) is 2.72. The van der Waals surface area contributed by atoms with Gasteiger partial charge in [0.2, 0.25) is 5.91 Å². The third-order valence-electron chi connectivity index (χ3n) is 4.37. The van der Waals surface area contributed by atoms with Crippen LogP contribution in [-0.2, 0) is 4.79 Å². The summed E-state index contributed by atoms with van der Waals surface area (Å²) in [6, 6.07) is 3.76. The minimum absolute atomic E-state index is 0.00205. The number of carbonyl (C=O) groups excluding carboxylic acids is 2. The van der Waals surface area contributed by atoms with Crippen LogP contribution in [0.2, 0.25) is 0 Å². The zero-order valence-corrected chi connectivity index (χ0v) is 13.9. The van der Waals surface area contributed by atoms with Crippen LogP contribution in [-0.4, -0.2) is 22.8 Å². The first-order valence-electron chi connectivity index (χ1n) is 7.33. The van der Waals surface area contributed by atoms with Crippen molar-refractivity contribution < 1.29 is 9.59 Å². The lowest BCUT2D eigenvalue weighted by molar-refractivity contribution is -0.121. The SMILES string of the molecule is C=C1c2cc(P)c(C)cc2C(=O)N1C1CCC(=O)NC1=CC. The van der Waals surface area contributed by atoms with Gasteiger partial charge < -0.3 is 5.32 Å².